The molecule has 1 aromatic carbocycles. The molecular formula is C13H15BrClNO2. The van der Waals surface area contributed by atoms with E-state index in [0.29, 0.717) is 23.1 Å². The summed E-state index contributed by atoms with van der Waals surface area (Å²) in [5.41, 5.74) is 0.497. The summed E-state index contributed by atoms with van der Waals surface area (Å²) in [5, 5.41) is 3.43. The molecule has 2 rings (SSSR count). The van der Waals surface area contributed by atoms with Gasteiger partial charge in [0, 0.05) is 23.0 Å². The Labute approximate surface area is 120 Å². The van der Waals surface area contributed by atoms with Gasteiger partial charge >= 0.3 is 0 Å². The van der Waals surface area contributed by atoms with Gasteiger partial charge in [-0.15, -0.1) is 0 Å². The smallest absolute Gasteiger partial charge is 0.253 e. The van der Waals surface area contributed by atoms with Gasteiger partial charge in [-0.05, 0) is 41.4 Å². The summed E-state index contributed by atoms with van der Waals surface area (Å²) < 4.78 is 6.05. The number of amides is 1. The summed E-state index contributed by atoms with van der Waals surface area (Å²) in [4.78, 5) is 12.1. The Balaban J connectivity index is 2.05. The predicted octanol–water partition coefficient (Wildman–Crippen LogP) is 3.26. The molecule has 1 aliphatic heterocycles. The van der Waals surface area contributed by atoms with E-state index >= 15 is 0 Å². The van der Waals surface area contributed by atoms with Crippen LogP contribution in [0.25, 0.3) is 0 Å². The summed E-state index contributed by atoms with van der Waals surface area (Å²) in [6.45, 7) is 3.50. The third kappa shape index (κ3) is 3.05. The molecule has 1 fully saturated rings. The third-order valence-corrected chi connectivity index (χ3v) is 4.52. The minimum Gasteiger partial charge on any atom is -0.381 e. The number of benzene rings is 1. The van der Waals surface area contributed by atoms with Crippen molar-refractivity contribution >= 4 is 33.4 Å². The van der Waals surface area contributed by atoms with Gasteiger partial charge in [0.05, 0.1) is 17.2 Å². The lowest BCUT2D eigenvalue weighted by molar-refractivity contribution is 0.0922. The Morgan fingerprint density at radius 2 is 2.39 bits per heavy atom. The van der Waals surface area contributed by atoms with Crippen molar-refractivity contribution in [3.05, 3.63) is 33.3 Å². The van der Waals surface area contributed by atoms with Crippen LogP contribution in [0.1, 0.15) is 23.7 Å². The van der Waals surface area contributed by atoms with Gasteiger partial charge in [0.15, 0.2) is 0 Å². The summed E-state index contributed by atoms with van der Waals surface area (Å²) >= 11 is 9.41. The Kier molecular flexibility index (Phi) is 4.65. The van der Waals surface area contributed by atoms with E-state index in [2.05, 4.69) is 21.2 Å². The second-order valence-corrected chi connectivity index (χ2v) is 5.72. The lowest BCUT2D eigenvalue weighted by Crippen LogP contribution is -2.38. The topological polar surface area (TPSA) is 38.3 Å². The molecule has 18 heavy (non-hydrogen) atoms. The molecule has 1 saturated heterocycles. The van der Waals surface area contributed by atoms with E-state index in [4.69, 9.17) is 16.3 Å². The van der Waals surface area contributed by atoms with Crippen LogP contribution < -0.4 is 5.32 Å². The van der Waals surface area contributed by atoms with Crippen molar-refractivity contribution in [3.63, 3.8) is 0 Å². The normalized spacial score (nSPS) is 20.7. The molecule has 1 amide bonds. The van der Waals surface area contributed by atoms with E-state index in [1.54, 1.807) is 12.1 Å². The van der Waals surface area contributed by atoms with Crippen LogP contribution in [0, 0.1) is 5.92 Å². The monoisotopic (exact) mass is 331 g/mol. The van der Waals surface area contributed by atoms with Gasteiger partial charge < -0.3 is 10.1 Å². The second kappa shape index (κ2) is 6.04. The highest BCUT2D eigenvalue weighted by molar-refractivity contribution is 9.10. The lowest BCUT2D eigenvalue weighted by Gasteiger charge is -2.19. The van der Waals surface area contributed by atoms with E-state index in [1.165, 1.54) is 0 Å². The standard InChI is InChI=1S/C13H15BrClNO2/c1-8(9-5-6-18-7-9)16-13(17)10-3-2-4-11(14)12(10)15/h2-4,8-9H,5-7H2,1H3,(H,16,17). The van der Waals surface area contributed by atoms with Gasteiger partial charge in [0.1, 0.15) is 0 Å². The van der Waals surface area contributed by atoms with Crippen LogP contribution in [-0.2, 0) is 4.74 Å². The number of halogens is 2. The van der Waals surface area contributed by atoms with Crippen LogP contribution in [0.3, 0.4) is 0 Å². The molecule has 1 heterocycles. The quantitative estimate of drug-likeness (QED) is 0.922. The number of rotatable bonds is 3. The van der Waals surface area contributed by atoms with Crippen molar-refractivity contribution in [2.24, 2.45) is 5.92 Å². The Morgan fingerprint density at radius 3 is 3.06 bits per heavy atom. The molecule has 0 radical (unpaired) electrons. The van der Waals surface area contributed by atoms with E-state index in [1.807, 2.05) is 13.0 Å². The van der Waals surface area contributed by atoms with Crippen molar-refractivity contribution in [1.29, 1.82) is 0 Å². The van der Waals surface area contributed by atoms with Gasteiger partial charge in [0.25, 0.3) is 5.91 Å². The van der Waals surface area contributed by atoms with Crippen molar-refractivity contribution in [2.45, 2.75) is 19.4 Å². The van der Waals surface area contributed by atoms with Crippen LogP contribution in [0.4, 0.5) is 0 Å². The van der Waals surface area contributed by atoms with Crippen molar-refractivity contribution in [3.8, 4) is 0 Å². The van der Waals surface area contributed by atoms with Crippen LogP contribution in [0.2, 0.25) is 5.02 Å². The maximum Gasteiger partial charge on any atom is 0.253 e. The van der Waals surface area contributed by atoms with Gasteiger partial charge in [-0.3, -0.25) is 4.79 Å². The van der Waals surface area contributed by atoms with E-state index < -0.39 is 0 Å². The average molecular weight is 333 g/mol. The largest absolute Gasteiger partial charge is 0.381 e. The van der Waals surface area contributed by atoms with Crippen LogP contribution in [-0.4, -0.2) is 25.2 Å². The number of carbonyl (C=O) groups excluding carboxylic acids is 1. The number of ether oxygens (including phenoxy) is 1. The zero-order valence-corrected chi connectivity index (χ0v) is 12.4. The Hall–Kier alpha value is -0.580. The zero-order chi connectivity index (χ0) is 13.1. The molecule has 1 aliphatic rings. The summed E-state index contributed by atoms with van der Waals surface area (Å²) in [7, 11) is 0. The average Bonchev–Trinajstić information content (AvgIpc) is 2.86. The molecule has 2 unspecified atom stereocenters. The molecule has 0 saturated carbocycles. The molecule has 1 N–H and O–H groups in total. The first-order valence-electron chi connectivity index (χ1n) is 5.92. The first-order chi connectivity index (χ1) is 8.59. The molecule has 0 spiro atoms. The van der Waals surface area contributed by atoms with Gasteiger partial charge in [-0.2, -0.15) is 0 Å². The van der Waals surface area contributed by atoms with E-state index in [9.17, 15) is 4.79 Å². The van der Waals surface area contributed by atoms with Gasteiger partial charge in [-0.25, -0.2) is 0 Å². The fourth-order valence-corrected chi connectivity index (χ4v) is 2.61. The first kappa shape index (κ1) is 13.8. The SMILES string of the molecule is CC(NC(=O)c1cccc(Br)c1Cl)C1CCOC1. The molecular weight excluding hydrogens is 318 g/mol. The number of carbonyl (C=O) groups is 1. The van der Waals surface area contributed by atoms with Gasteiger partial charge in [-0.1, -0.05) is 17.7 Å². The van der Waals surface area contributed by atoms with Crippen LogP contribution >= 0.6 is 27.5 Å². The van der Waals surface area contributed by atoms with E-state index in [-0.39, 0.29) is 11.9 Å². The highest BCUT2D eigenvalue weighted by atomic mass is 79.9. The predicted molar refractivity (Wildman–Crippen MR) is 75.0 cm³/mol. The molecule has 0 bridgehead atoms. The summed E-state index contributed by atoms with van der Waals surface area (Å²) in [6.07, 6.45) is 0.994. The molecule has 3 nitrogen and oxygen atoms in total. The fourth-order valence-electron chi connectivity index (χ4n) is 2.03. The highest BCUT2D eigenvalue weighted by Crippen LogP contribution is 2.26. The number of nitrogens with one attached hydrogen (secondary N) is 1. The highest BCUT2D eigenvalue weighted by Gasteiger charge is 2.24. The van der Waals surface area contributed by atoms with Gasteiger partial charge in [0.2, 0.25) is 0 Å². The third-order valence-electron chi connectivity index (χ3n) is 3.23. The minimum atomic E-state index is -0.138. The molecule has 0 aliphatic carbocycles. The maximum atomic E-state index is 12.1. The molecule has 98 valence electrons. The Morgan fingerprint density at radius 1 is 1.61 bits per heavy atom. The maximum absolute atomic E-state index is 12.1. The molecule has 2 atom stereocenters. The zero-order valence-electron chi connectivity index (χ0n) is 10.1. The van der Waals surface area contributed by atoms with Crippen LogP contribution in [0.5, 0.6) is 0 Å². The van der Waals surface area contributed by atoms with E-state index in [0.717, 1.165) is 17.5 Å². The van der Waals surface area contributed by atoms with Crippen molar-refractivity contribution in [1.82, 2.24) is 5.32 Å². The second-order valence-electron chi connectivity index (χ2n) is 4.49. The van der Waals surface area contributed by atoms with Crippen molar-refractivity contribution < 1.29 is 9.53 Å². The fraction of sp³-hybridized carbons (Fsp3) is 0.462. The van der Waals surface area contributed by atoms with Crippen LogP contribution in [0.15, 0.2) is 22.7 Å². The molecule has 5 heteroatoms. The summed E-state index contributed by atoms with van der Waals surface area (Å²) in [5.74, 6) is 0.251. The Bertz CT molecular complexity index is 447. The number of hydrogen-bond acceptors (Lipinski definition) is 2. The first-order valence-corrected chi connectivity index (χ1v) is 7.09. The van der Waals surface area contributed by atoms with Crippen molar-refractivity contribution in [2.75, 3.05) is 13.2 Å². The molecule has 0 aromatic heterocycles. The molecule has 1 aromatic rings. The minimum absolute atomic E-state index is 0.0926. The summed E-state index contributed by atoms with van der Waals surface area (Å²) in [6, 6.07) is 5.43. The lowest BCUT2D eigenvalue weighted by atomic mass is 10.0. The number of hydrogen-bond donors (Lipinski definition) is 1.